The molecular formula is C66H90N14O11. The van der Waals surface area contributed by atoms with Gasteiger partial charge in [-0.05, 0) is 112 Å². The summed E-state index contributed by atoms with van der Waals surface area (Å²) < 4.78 is 2.90. The van der Waals surface area contributed by atoms with Gasteiger partial charge >= 0.3 is 0 Å². The zero-order chi connectivity index (χ0) is 64.6. The molecule has 7 amide bonds. The molecule has 7 aliphatic rings. The molecule has 2 saturated heterocycles. The summed E-state index contributed by atoms with van der Waals surface area (Å²) in [6, 6.07) is 7.02. The first-order chi connectivity index (χ1) is 43.4. The van der Waals surface area contributed by atoms with E-state index < -0.39 is 118 Å². The van der Waals surface area contributed by atoms with Crippen LogP contribution in [0, 0.1) is 17.3 Å². The van der Waals surface area contributed by atoms with Crippen LogP contribution in [-0.4, -0.2) is 158 Å². The molecule has 25 nitrogen and oxygen atoms in total. The van der Waals surface area contributed by atoms with E-state index in [0.717, 1.165) is 101 Å². The first-order valence-electron chi connectivity index (χ1n) is 33.1. The molecule has 7 atom stereocenters. The lowest BCUT2D eigenvalue weighted by atomic mass is 9.47. The highest BCUT2D eigenvalue weighted by atomic mass is 16.3. The van der Waals surface area contributed by atoms with Crippen LogP contribution in [0.5, 0.6) is 0 Å². The number of nitrogens with zero attached hydrogens (tertiary/aromatic N) is 8. The number of hydrogen-bond donors (Lipinski definition) is 8. The van der Waals surface area contributed by atoms with Gasteiger partial charge in [-0.25, -0.2) is 9.36 Å². The standard InChI is InChI=1S/C66H90N14O11/c1-62(2,90)51-33-70-75-79(51)45-31-49(77(35-45)60(88)47(67)28-40-16-7-4-8-17-40)58(86)74-66(37-64(38-66)24-15-25-64)54(82)59(87)69-39-63(3,91)52-34-71-76-80(52)46-32-50(57(85)73-65(53(81)55(68)83)26-13-6-14-27-65)78(36-46)61(89)48(29-41-18-9-5-10-19-41)72-56(84)44-23-22-42-20-11-12-21-43(42)30-44/h11-12,20-23,30,33-34,40-41,45-50,90-91H,4-10,13-19,24-29,31-32,35-39,67H2,1-3H3,(H2,68,83)(H,69,87)(H,72,84)(H,73,85)(H,74,86)/t45-,46-,47+,48+,49-,50-,63?/m0/s1. The van der Waals surface area contributed by atoms with Gasteiger partial charge in [0.2, 0.25) is 35.2 Å². The summed E-state index contributed by atoms with van der Waals surface area (Å²) in [5.74, 6) is -6.61. The fraction of sp³-hybridized carbons (Fsp3) is 0.652. The number of carbonyl (C=O) groups is 9. The average molecular weight is 1260 g/mol. The number of primary amides is 1. The quantitative estimate of drug-likeness (QED) is 0.0518. The third-order valence-electron chi connectivity index (χ3n) is 21.4. The molecule has 5 saturated carbocycles. The SMILES string of the molecule is CC(C)(O)c1cnnn1[C@H]1C[C@@H](C(=O)NC2(C(=O)C(=O)NCC(C)(O)c3cnnn3[C@H]3C[C@@H](C(=O)NC4(C(=O)C(N)=O)CCCCC4)N(C(=O)[C@@H](CC4CCCCC4)NC(=O)c4ccc5ccccc5c4)C3)CC3(CCC3)C2)N(C(=O)[C@H](N)CC2CCCCC2)C1. The first-order valence-corrected chi connectivity index (χ1v) is 33.1. The van der Waals surface area contributed by atoms with Crippen LogP contribution in [0.2, 0.25) is 0 Å². The minimum atomic E-state index is -2.02. The van der Waals surface area contributed by atoms with Gasteiger partial charge in [-0.15, -0.1) is 10.2 Å². The number of carbonyl (C=O) groups excluding carboxylic acids is 9. The Morgan fingerprint density at radius 2 is 1.18 bits per heavy atom. The third-order valence-corrected chi connectivity index (χ3v) is 21.4. The van der Waals surface area contributed by atoms with Crippen LogP contribution < -0.4 is 32.7 Å². The van der Waals surface area contributed by atoms with Gasteiger partial charge in [0.05, 0.1) is 48.5 Å². The van der Waals surface area contributed by atoms with Gasteiger partial charge in [-0.3, -0.25) is 43.2 Å². The number of Topliss-reactive ketones (excluding diaryl/α,β-unsaturated/α-hetero) is 2. The number of nitrogens with one attached hydrogen (secondary N) is 4. The molecule has 11 rings (SSSR count). The Bertz CT molecular complexity index is 3410. The van der Waals surface area contributed by atoms with E-state index in [1.165, 1.54) is 38.5 Å². The fourth-order valence-corrected chi connectivity index (χ4v) is 16.3. The lowest BCUT2D eigenvalue weighted by Gasteiger charge is -2.60. The molecule has 7 fully saturated rings. The number of hydrogen-bond acceptors (Lipinski definition) is 16. The highest BCUT2D eigenvalue weighted by molar-refractivity contribution is 6.40. The zero-order valence-electron chi connectivity index (χ0n) is 52.7. The predicted octanol–water partition coefficient (Wildman–Crippen LogP) is 3.89. The second-order valence-corrected chi connectivity index (χ2v) is 28.5. The molecule has 0 radical (unpaired) electrons. The second-order valence-electron chi connectivity index (χ2n) is 28.5. The van der Waals surface area contributed by atoms with Crippen molar-refractivity contribution in [1.82, 2.24) is 61.1 Å². The Kier molecular flexibility index (Phi) is 18.7. The number of rotatable bonds is 22. The molecule has 2 aromatic heterocycles. The van der Waals surface area contributed by atoms with Gasteiger partial charge in [-0.2, -0.15) is 0 Å². The number of aliphatic hydroxyl groups is 2. The zero-order valence-corrected chi connectivity index (χ0v) is 52.7. The maximum atomic E-state index is 15.5. The number of likely N-dealkylation sites (tertiary alicyclic amines) is 2. The van der Waals surface area contributed by atoms with E-state index in [4.69, 9.17) is 11.5 Å². The normalized spacial score (nSPS) is 24.5. The number of ketones is 2. The number of fused-ring (bicyclic) bond motifs is 1. The Balaban J connectivity index is 0.830. The predicted molar refractivity (Wildman–Crippen MR) is 331 cm³/mol. The minimum absolute atomic E-state index is 0.0290. The van der Waals surface area contributed by atoms with Gasteiger partial charge in [0.15, 0.2) is 0 Å². The van der Waals surface area contributed by atoms with E-state index in [0.29, 0.717) is 30.5 Å². The van der Waals surface area contributed by atoms with Crippen molar-refractivity contribution >= 4 is 63.7 Å². The van der Waals surface area contributed by atoms with Crippen LogP contribution >= 0.6 is 0 Å². The summed E-state index contributed by atoms with van der Waals surface area (Å²) in [4.78, 5) is 133. The summed E-state index contributed by atoms with van der Waals surface area (Å²) >= 11 is 0. The molecular weight excluding hydrogens is 1160 g/mol. The summed E-state index contributed by atoms with van der Waals surface area (Å²) in [6.45, 7) is 3.86. The van der Waals surface area contributed by atoms with Gasteiger partial charge in [0.25, 0.3) is 17.7 Å². The van der Waals surface area contributed by atoms with Gasteiger partial charge in [0.1, 0.15) is 40.4 Å². The Morgan fingerprint density at radius 1 is 0.637 bits per heavy atom. The number of aromatic nitrogens is 6. The van der Waals surface area contributed by atoms with E-state index in [1.54, 1.807) is 26.0 Å². The maximum absolute atomic E-state index is 15.5. The lowest BCUT2D eigenvalue weighted by Crippen LogP contribution is -2.71. The highest BCUT2D eigenvalue weighted by Crippen LogP contribution is 2.61. The summed E-state index contributed by atoms with van der Waals surface area (Å²) in [7, 11) is 0. The van der Waals surface area contributed by atoms with Gasteiger partial charge in [0, 0.05) is 31.5 Å². The largest absolute Gasteiger partial charge is 0.384 e. The topological polar surface area (TPSA) is 362 Å². The maximum Gasteiger partial charge on any atom is 0.290 e. The fourth-order valence-electron chi connectivity index (χ4n) is 16.3. The minimum Gasteiger partial charge on any atom is -0.384 e. The highest BCUT2D eigenvalue weighted by Gasteiger charge is 2.63. The number of benzene rings is 2. The Labute approximate surface area is 529 Å². The van der Waals surface area contributed by atoms with Crippen molar-refractivity contribution in [3.8, 4) is 0 Å². The van der Waals surface area contributed by atoms with E-state index in [-0.39, 0.29) is 81.0 Å². The van der Waals surface area contributed by atoms with E-state index in [2.05, 4.69) is 41.9 Å². The van der Waals surface area contributed by atoms with Crippen molar-refractivity contribution in [2.24, 2.45) is 28.7 Å². The van der Waals surface area contributed by atoms with Crippen molar-refractivity contribution < 1.29 is 53.4 Å². The molecule has 91 heavy (non-hydrogen) atoms. The van der Waals surface area contributed by atoms with Crippen LogP contribution in [-0.2, 0) is 49.6 Å². The lowest BCUT2D eigenvalue weighted by molar-refractivity contribution is -0.157. The van der Waals surface area contributed by atoms with Crippen LogP contribution in [0.1, 0.15) is 209 Å². The molecule has 4 aromatic rings. The van der Waals surface area contributed by atoms with Crippen molar-refractivity contribution in [2.45, 2.75) is 233 Å². The Hall–Kier alpha value is -7.51. The molecule has 490 valence electrons. The Morgan fingerprint density at radius 3 is 1.75 bits per heavy atom. The summed E-state index contributed by atoms with van der Waals surface area (Å²) in [6.07, 6.45) is 18.2. The van der Waals surface area contributed by atoms with Gasteiger partial charge in [-0.1, -0.05) is 131 Å². The molecule has 5 aliphatic carbocycles. The monoisotopic (exact) mass is 1250 g/mol. The molecule has 25 heteroatoms. The number of nitrogens with two attached hydrogens (primary N) is 2. The summed E-state index contributed by atoms with van der Waals surface area (Å²) in [5.41, 5.74) is 6.15. The molecule has 10 N–H and O–H groups in total. The van der Waals surface area contributed by atoms with E-state index >= 15 is 9.59 Å². The molecule has 1 spiro atoms. The third kappa shape index (κ3) is 13.6. The van der Waals surface area contributed by atoms with E-state index in [9.17, 15) is 43.8 Å². The molecule has 2 aliphatic heterocycles. The van der Waals surface area contributed by atoms with Crippen LogP contribution in [0.25, 0.3) is 10.8 Å². The second kappa shape index (κ2) is 26.2. The van der Waals surface area contributed by atoms with E-state index in [1.807, 2.05) is 30.3 Å². The number of amides is 7. The molecule has 1 unspecified atom stereocenters. The molecule has 2 aromatic carbocycles. The van der Waals surface area contributed by atoms with Crippen molar-refractivity contribution in [3.05, 3.63) is 71.8 Å². The van der Waals surface area contributed by atoms with Crippen molar-refractivity contribution in [1.29, 1.82) is 0 Å². The smallest absolute Gasteiger partial charge is 0.290 e. The average Bonchev–Trinajstić information content (AvgIpc) is 1.69. The molecule has 4 heterocycles. The van der Waals surface area contributed by atoms with Crippen molar-refractivity contribution in [3.63, 3.8) is 0 Å². The first kappa shape index (κ1) is 65.0. The van der Waals surface area contributed by atoms with Crippen LogP contribution in [0.4, 0.5) is 0 Å². The van der Waals surface area contributed by atoms with Crippen LogP contribution in [0.3, 0.4) is 0 Å². The van der Waals surface area contributed by atoms with Gasteiger partial charge < -0.3 is 52.7 Å². The summed E-state index contributed by atoms with van der Waals surface area (Å²) in [5, 5.41) is 53.7. The van der Waals surface area contributed by atoms with Crippen LogP contribution in [0.15, 0.2) is 54.9 Å². The molecule has 0 bridgehead atoms. The van der Waals surface area contributed by atoms with Crippen molar-refractivity contribution in [2.75, 3.05) is 19.6 Å².